The Morgan fingerprint density at radius 1 is 1.08 bits per heavy atom. The van der Waals surface area contributed by atoms with Gasteiger partial charge >= 0.3 is 0 Å². The topological polar surface area (TPSA) is 41.1 Å². The van der Waals surface area contributed by atoms with Gasteiger partial charge in [0.2, 0.25) is 5.95 Å². The molecular formula is C20H21BrN4S. The minimum absolute atomic E-state index is 0.627. The normalized spacial score (nSPS) is 15.1. The molecule has 3 heterocycles. The summed E-state index contributed by atoms with van der Waals surface area (Å²) in [6.45, 7) is 3.43. The summed E-state index contributed by atoms with van der Waals surface area (Å²) >= 11 is 5.18. The second-order valence-corrected chi connectivity index (χ2v) is 8.99. The van der Waals surface area contributed by atoms with Crippen molar-refractivity contribution < 1.29 is 0 Å². The average Bonchev–Trinajstić information content (AvgIpc) is 3.10. The first-order chi connectivity index (χ1) is 12.8. The van der Waals surface area contributed by atoms with Gasteiger partial charge in [-0.25, -0.2) is 9.97 Å². The number of anilines is 2. The molecule has 0 aliphatic carbocycles. The van der Waals surface area contributed by atoms with Gasteiger partial charge in [0.15, 0.2) is 0 Å². The van der Waals surface area contributed by atoms with Crippen LogP contribution in [-0.2, 0) is 6.54 Å². The van der Waals surface area contributed by atoms with Crippen LogP contribution < -0.4 is 5.32 Å². The van der Waals surface area contributed by atoms with Crippen molar-refractivity contribution in [1.29, 1.82) is 0 Å². The molecule has 3 aromatic rings. The van der Waals surface area contributed by atoms with Crippen LogP contribution in [-0.4, -0.2) is 28.0 Å². The van der Waals surface area contributed by atoms with Crippen molar-refractivity contribution in [3.63, 3.8) is 0 Å². The van der Waals surface area contributed by atoms with Gasteiger partial charge in [0.25, 0.3) is 0 Å². The van der Waals surface area contributed by atoms with Gasteiger partial charge in [0.1, 0.15) is 0 Å². The number of nitrogens with one attached hydrogen (secondary N) is 1. The van der Waals surface area contributed by atoms with Crippen LogP contribution >= 0.6 is 27.3 Å². The highest BCUT2D eigenvalue weighted by atomic mass is 79.9. The molecule has 1 aliphatic rings. The van der Waals surface area contributed by atoms with E-state index in [1.54, 1.807) is 17.5 Å². The molecule has 26 heavy (non-hydrogen) atoms. The van der Waals surface area contributed by atoms with Gasteiger partial charge in [-0.05, 0) is 77.8 Å². The number of hydrogen-bond acceptors (Lipinski definition) is 5. The standard InChI is InChI=1S/C20H21BrN4S/c21-19-8-7-18(26-19)17-9-10-22-20(24-17)23-16-6-4-5-15(13-16)14-25-11-2-1-3-12-25/h4-10,13H,1-3,11-12,14H2,(H,22,23,24). The molecule has 6 heteroatoms. The molecule has 0 saturated carbocycles. The maximum absolute atomic E-state index is 4.65. The lowest BCUT2D eigenvalue weighted by Crippen LogP contribution is -2.29. The molecule has 2 aromatic heterocycles. The average molecular weight is 429 g/mol. The minimum atomic E-state index is 0.627. The van der Waals surface area contributed by atoms with E-state index in [9.17, 15) is 0 Å². The van der Waals surface area contributed by atoms with Crippen molar-refractivity contribution >= 4 is 38.9 Å². The first kappa shape index (κ1) is 17.6. The van der Waals surface area contributed by atoms with E-state index in [1.165, 1.54) is 37.9 Å². The molecule has 1 saturated heterocycles. The van der Waals surface area contributed by atoms with Crippen LogP contribution in [0.15, 0.2) is 52.4 Å². The monoisotopic (exact) mass is 428 g/mol. The van der Waals surface area contributed by atoms with E-state index in [2.05, 4.69) is 66.4 Å². The number of likely N-dealkylation sites (tertiary alicyclic amines) is 1. The zero-order chi connectivity index (χ0) is 17.8. The fraction of sp³-hybridized carbons (Fsp3) is 0.300. The molecule has 1 N–H and O–H groups in total. The summed E-state index contributed by atoms with van der Waals surface area (Å²) < 4.78 is 1.10. The SMILES string of the molecule is Brc1ccc(-c2ccnc(Nc3cccc(CN4CCCCC4)c3)n2)s1. The Morgan fingerprint density at radius 3 is 2.77 bits per heavy atom. The lowest BCUT2D eigenvalue weighted by Gasteiger charge is -2.26. The van der Waals surface area contributed by atoms with Crippen LogP contribution in [0.1, 0.15) is 24.8 Å². The minimum Gasteiger partial charge on any atom is -0.324 e. The molecule has 4 nitrogen and oxygen atoms in total. The Labute approximate surface area is 166 Å². The molecule has 0 radical (unpaired) electrons. The molecule has 1 aliphatic heterocycles. The predicted octanol–water partition coefficient (Wildman–Crippen LogP) is 5.70. The fourth-order valence-corrected chi connectivity index (χ4v) is 4.62. The Morgan fingerprint density at radius 2 is 1.96 bits per heavy atom. The number of benzene rings is 1. The van der Waals surface area contributed by atoms with Gasteiger partial charge in [0.05, 0.1) is 14.4 Å². The van der Waals surface area contributed by atoms with E-state index in [0.717, 1.165) is 26.6 Å². The van der Waals surface area contributed by atoms with Gasteiger partial charge in [0, 0.05) is 18.4 Å². The number of hydrogen-bond donors (Lipinski definition) is 1. The number of aromatic nitrogens is 2. The second kappa shape index (κ2) is 8.29. The van der Waals surface area contributed by atoms with Gasteiger partial charge in [-0.1, -0.05) is 18.6 Å². The van der Waals surface area contributed by atoms with E-state index >= 15 is 0 Å². The molecule has 0 atom stereocenters. The largest absolute Gasteiger partial charge is 0.324 e. The second-order valence-electron chi connectivity index (χ2n) is 6.53. The Balaban J connectivity index is 1.48. The molecule has 0 spiro atoms. The molecule has 1 fully saturated rings. The smallest absolute Gasteiger partial charge is 0.227 e. The Bertz CT molecular complexity index is 874. The molecule has 0 amide bonds. The van der Waals surface area contributed by atoms with E-state index in [1.807, 2.05) is 12.1 Å². The first-order valence-corrected chi connectivity index (χ1v) is 10.5. The quantitative estimate of drug-likeness (QED) is 0.565. The number of piperidine rings is 1. The Kier molecular flexibility index (Phi) is 5.62. The summed E-state index contributed by atoms with van der Waals surface area (Å²) in [6, 6.07) is 14.6. The van der Waals surface area contributed by atoms with Crippen molar-refractivity contribution in [1.82, 2.24) is 14.9 Å². The third kappa shape index (κ3) is 4.50. The third-order valence-electron chi connectivity index (χ3n) is 4.52. The molecule has 4 rings (SSSR count). The summed E-state index contributed by atoms with van der Waals surface area (Å²) in [7, 11) is 0. The predicted molar refractivity (Wildman–Crippen MR) is 112 cm³/mol. The number of nitrogens with zero attached hydrogens (tertiary/aromatic N) is 3. The van der Waals surface area contributed by atoms with Crippen LogP contribution in [0.25, 0.3) is 10.6 Å². The van der Waals surface area contributed by atoms with Crippen molar-refractivity contribution in [2.24, 2.45) is 0 Å². The zero-order valence-electron chi connectivity index (χ0n) is 14.5. The van der Waals surface area contributed by atoms with Gasteiger partial charge in [-0.2, -0.15) is 0 Å². The summed E-state index contributed by atoms with van der Waals surface area (Å²) in [4.78, 5) is 12.7. The summed E-state index contributed by atoms with van der Waals surface area (Å²) in [5, 5.41) is 3.35. The van der Waals surface area contributed by atoms with Crippen LogP contribution in [0.2, 0.25) is 0 Å². The van der Waals surface area contributed by atoms with Crippen molar-refractivity contribution in [3.05, 3.63) is 58.0 Å². The molecule has 0 bridgehead atoms. The summed E-state index contributed by atoms with van der Waals surface area (Å²) in [5.41, 5.74) is 3.29. The highest BCUT2D eigenvalue weighted by molar-refractivity contribution is 9.11. The lowest BCUT2D eigenvalue weighted by molar-refractivity contribution is 0.221. The number of rotatable bonds is 5. The van der Waals surface area contributed by atoms with E-state index in [0.29, 0.717) is 5.95 Å². The third-order valence-corrected chi connectivity index (χ3v) is 6.17. The van der Waals surface area contributed by atoms with Crippen LogP contribution in [0, 0.1) is 0 Å². The molecule has 134 valence electrons. The zero-order valence-corrected chi connectivity index (χ0v) is 16.9. The first-order valence-electron chi connectivity index (χ1n) is 8.93. The van der Waals surface area contributed by atoms with Crippen LogP contribution in [0.4, 0.5) is 11.6 Å². The maximum atomic E-state index is 4.65. The van der Waals surface area contributed by atoms with Crippen molar-refractivity contribution in [2.45, 2.75) is 25.8 Å². The number of thiophene rings is 1. The van der Waals surface area contributed by atoms with Gasteiger partial charge < -0.3 is 5.32 Å². The van der Waals surface area contributed by atoms with E-state index < -0.39 is 0 Å². The highest BCUT2D eigenvalue weighted by Crippen LogP contribution is 2.30. The maximum Gasteiger partial charge on any atom is 0.227 e. The molecular weight excluding hydrogens is 408 g/mol. The van der Waals surface area contributed by atoms with Crippen LogP contribution in [0.3, 0.4) is 0 Å². The Hall–Kier alpha value is -1.76. The van der Waals surface area contributed by atoms with E-state index in [-0.39, 0.29) is 0 Å². The summed E-state index contributed by atoms with van der Waals surface area (Å²) in [6.07, 6.45) is 5.80. The fourth-order valence-electron chi connectivity index (χ4n) is 3.26. The number of halogens is 1. The van der Waals surface area contributed by atoms with Gasteiger partial charge in [-0.15, -0.1) is 11.3 Å². The molecule has 0 unspecified atom stereocenters. The lowest BCUT2D eigenvalue weighted by atomic mass is 10.1. The molecule has 1 aromatic carbocycles. The van der Waals surface area contributed by atoms with Crippen LogP contribution in [0.5, 0.6) is 0 Å². The van der Waals surface area contributed by atoms with E-state index in [4.69, 9.17) is 0 Å². The van der Waals surface area contributed by atoms with Gasteiger partial charge in [-0.3, -0.25) is 4.90 Å². The van der Waals surface area contributed by atoms with Crippen molar-refractivity contribution in [3.8, 4) is 10.6 Å². The summed E-state index contributed by atoms with van der Waals surface area (Å²) in [5.74, 6) is 0.627. The highest BCUT2D eigenvalue weighted by Gasteiger charge is 2.11. The van der Waals surface area contributed by atoms with Crippen molar-refractivity contribution in [2.75, 3.05) is 18.4 Å².